The fourth-order valence-corrected chi connectivity index (χ4v) is 4.98. The Morgan fingerprint density at radius 1 is 0.963 bits per heavy atom. The van der Waals surface area contributed by atoms with Crippen molar-refractivity contribution in [3.63, 3.8) is 0 Å². The lowest BCUT2D eigenvalue weighted by atomic mass is 9.57. The summed E-state index contributed by atoms with van der Waals surface area (Å²) < 4.78 is 0. The maximum Gasteiger partial charge on any atom is 0.408 e. The molecule has 2 aromatic carbocycles. The third kappa shape index (κ3) is 2.44. The first-order chi connectivity index (χ1) is 12.7. The Kier molecular flexibility index (Phi) is 3.92. The number of likely N-dealkylation sites (tertiary alicyclic amines) is 1. The minimum absolute atomic E-state index is 0.102. The van der Waals surface area contributed by atoms with Gasteiger partial charge >= 0.3 is 6.09 Å². The summed E-state index contributed by atoms with van der Waals surface area (Å²) >= 11 is 0. The number of amides is 1. The van der Waals surface area contributed by atoms with Gasteiger partial charge in [0.05, 0.1) is 5.54 Å². The van der Waals surface area contributed by atoms with E-state index in [2.05, 4.69) is 58.0 Å². The van der Waals surface area contributed by atoms with E-state index < -0.39 is 11.6 Å². The highest BCUT2D eigenvalue weighted by Gasteiger charge is 2.51. The largest absolute Gasteiger partial charge is 0.465 e. The first-order valence-corrected chi connectivity index (χ1v) is 9.90. The van der Waals surface area contributed by atoms with Crippen LogP contribution in [-0.2, 0) is 17.4 Å². The van der Waals surface area contributed by atoms with Crippen LogP contribution in [0.3, 0.4) is 0 Å². The molecule has 1 aliphatic carbocycles. The second-order valence-corrected chi connectivity index (χ2v) is 9.29. The Labute approximate surface area is 162 Å². The molecule has 142 valence electrons. The standard InChI is InChI=1S/C24H29NO2/c1-22(2)13-12-17-16-19(10-11-20(17)23(22,3)4)24(14-15-25(24)21(26)27)18-8-6-5-7-9-18/h5-11,16H,12-15H2,1-4H3,(H,26,27). The van der Waals surface area contributed by atoms with E-state index in [4.69, 9.17) is 0 Å². The average molecular weight is 364 g/mol. The number of carbonyl (C=O) groups is 1. The first-order valence-electron chi connectivity index (χ1n) is 9.90. The summed E-state index contributed by atoms with van der Waals surface area (Å²) in [6.07, 6.45) is 2.19. The molecular formula is C24H29NO2. The average Bonchev–Trinajstić information content (AvgIpc) is 2.59. The zero-order chi connectivity index (χ0) is 19.4. The highest BCUT2D eigenvalue weighted by molar-refractivity contribution is 5.70. The zero-order valence-corrected chi connectivity index (χ0v) is 16.7. The molecule has 1 unspecified atom stereocenters. The second kappa shape index (κ2) is 5.85. The van der Waals surface area contributed by atoms with Gasteiger partial charge in [0.2, 0.25) is 0 Å². The van der Waals surface area contributed by atoms with Gasteiger partial charge in [-0.1, -0.05) is 76.2 Å². The molecule has 4 rings (SSSR count). The number of benzene rings is 2. The summed E-state index contributed by atoms with van der Waals surface area (Å²) in [5.41, 5.74) is 4.76. The smallest absolute Gasteiger partial charge is 0.408 e. The van der Waals surface area contributed by atoms with Gasteiger partial charge in [-0.3, -0.25) is 4.90 Å². The predicted molar refractivity (Wildman–Crippen MR) is 108 cm³/mol. The number of aryl methyl sites for hydroxylation is 1. The van der Waals surface area contributed by atoms with E-state index in [1.807, 2.05) is 18.2 Å². The minimum atomic E-state index is -0.843. The van der Waals surface area contributed by atoms with Crippen LogP contribution in [0.15, 0.2) is 48.5 Å². The number of rotatable bonds is 2. The Hall–Kier alpha value is -2.29. The Bertz CT molecular complexity index is 885. The molecule has 3 nitrogen and oxygen atoms in total. The van der Waals surface area contributed by atoms with Crippen molar-refractivity contribution >= 4 is 6.09 Å². The van der Waals surface area contributed by atoms with Gasteiger partial charge in [0.15, 0.2) is 0 Å². The molecule has 1 N–H and O–H groups in total. The Balaban J connectivity index is 1.86. The van der Waals surface area contributed by atoms with Crippen molar-refractivity contribution in [2.24, 2.45) is 5.41 Å². The van der Waals surface area contributed by atoms with E-state index >= 15 is 0 Å². The molecule has 1 fully saturated rings. The van der Waals surface area contributed by atoms with Gasteiger partial charge in [0.1, 0.15) is 0 Å². The van der Waals surface area contributed by atoms with Crippen molar-refractivity contribution in [1.29, 1.82) is 0 Å². The van der Waals surface area contributed by atoms with Crippen LogP contribution in [0.2, 0.25) is 0 Å². The quantitative estimate of drug-likeness (QED) is 0.758. The number of fused-ring (bicyclic) bond motifs is 1. The molecule has 2 aromatic rings. The molecule has 3 heteroatoms. The van der Waals surface area contributed by atoms with Crippen molar-refractivity contribution in [3.05, 3.63) is 70.8 Å². The summed E-state index contributed by atoms with van der Waals surface area (Å²) in [6, 6.07) is 16.8. The number of nitrogens with zero attached hydrogens (tertiary/aromatic N) is 1. The molecule has 0 spiro atoms. The topological polar surface area (TPSA) is 40.5 Å². The fraction of sp³-hybridized carbons (Fsp3) is 0.458. The molecular weight excluding hydrogens is 334 g/mol. The van der Waals surface area contributed by atoms with E-state index in [9.17, 15) is 9.90 Å². The first kappa shape index (κ1) is 18.1. The molecule has 1 heterocycles. The zero-order valence-electron chi connectivity index (χ0n) is 16.7. The molecule has 0 bridgehead atoms. The van der Waals surface area contributed by atoms with Gasteiger partial charge in [-0.05, 0) is 52.3 Å². The summed E-state index contributed by atoms with van der Waals surface area (Å²) in [6.45, 7) is 9.97. The van der Waals surface area contributed by atoms with Crippen LogP contribution in [0.5, 0.6) is 0 Å². The van der Waals surface area contributed by atoms with E-state index in [0.717, 1.165) is 30.4 Å². The van der Waals surface area contributed by atoms with Gasteiger partial charge in [0.25, 0.3) is 0 Å². The van der Waals surface area contributed by atoms with E-state index in [1.165, 1.54) is 11.1 Å². The van der Waals surface area contributed by atoms with Crippen molar-refractivity contribution in [3.8, 4) is 0 Å². The molecule has 27 heavy (non-hydrogen) atoms. The molecule has 1 amide bonds. The van der Waals surface area contributed by atoms with Crippen LogP contribution in [0.1, 0.15) is 62.8 Å². The molecule has 0 saturated carbocycles. The molecule has 1 aliphatic heterocycles. The van der Waals surface area contributed by atoms with Gasteiger partial charge < -0.3 is 5.11 Å². The highest BCUT2D eigenvalue weighted by Crippen LogP contribution is 2.52. The van der Waals surface area contributed by atoms with Gasteiger partial charge in [-0.15, -0.1) is 0 Å². The van der Waals surface area contributed by atoms with E-state index in [-0.39, 0.29) is 10.8 Å². The maximum absolute atomic E-state index is 11.9. The summed E-state index contributed by atoms with van der Waals surface area (Å²) in [5.74, 6) is 0. The monoisotopic (exact) mass is 363 g/mol. The highest BCUT2D eigenvalue weighted by atomic mass is 16.4. The van der Waals surface area contributed by atoms with Crippen molar-refractivity contribution in [2.75, 3.05) is 6.54 Å². The van der Waals surface area contributed by atoms with Gasteiger partial charge in [0, 0.05) is 6.54 Å². The van der Waals surface area contributed by atoms with E-state index in [0.29, 0.717) is 6.54 Å². The van der Waals surface area contributed by atoms with Crippen LogP contribution >= 0.6 is 0 Å². The molecule has 0 aromatic heterocycles. The lowest BCUT2D eigenvalue weighted by molar-refractivity contribution is 0.0240. The number of carboxylic acid groups (broad SMARTS) is 1. The molecule has 0 radical (unpaired) electrons. The SMILES string of the molecule is CC1(C)CCc2cc(C3(c4ccccc4)CCN3C(=O)O)ccc2C1(C)C. The lowest BCUT2D eigenvalue weighted by Gasteiger charge is -2.53. The predicted octanol–water partition coefficient (Wildman–Crippen LogP) is 5.56. The summed E-state index contributed by atoms with van der Waals surface area (Å²) in [7, 11) is 0. The minimum Gasteiger partial charge on any atom is -0.465 e. The second-order valence-electron chi connectivity index (χ2n) is 9.29. The maximum atomic E-state index is 11.9. The Morgan fingerprint density at radius 2 is 1.67 bits per heavy atom. The third-order valence-corrected chi connectivity index (χ3v) is 7.61. The third-order valence-electron chi connectivity index (χ3n) is 7.61. The molecule has 1 atom stereocenters. The molecule has 1 saturated heterocycles. The van der Waals surface area contributed by atoms with Crippen molar-refractivity contribution in [1.82, 2.24) is 4.90 Å². The van der Waals surface area contributed by atoms with Gasteiger partial charge in [-0.2, -0.15) is 0 Å². The van der Waals surface area contributed by atoms with Crippen LogP contribution in [-0.4, -0.2) is 22.6 Å². The van der Waals surface area contributed by atoms with Crippen LogP contribution in [0, 0.1) is 5.41 Å². The lowest BCUT2D eigenvalue weighted by Crippen LogP contribution is -2.60. The van der Waals surface area contributed by atoms with Crippen molar-refractivity contribution in [2.45, 2.75) is 57.9 Å². The number of hydrogen-bond donors (Lipinski definition) is 1. The van der Waals surface area contributed by atoms with Crippen molar-refractivity contribution < 1.29 is 9.90 Å². The summed E-state index contributed by atoms with van der Waals surface area (Å²) in [5, 5.41) is 9.81. The Morgan fingerprint density at radius 3 is 2.26 bits per heavy atom. The fourth-order valence-electron chi connectivity index (χ4n) is 4.98. The van der Waals surface area contributed by atoms with Gasteiger partial charge in [-0.25, -0.2) is 4.79 Å². The number of hydrogen-bond acceptors (Lipinski definition) is 1. The van der Waals surface area contributed by atoms with Crippen LogP contribution in [0.25, 0.3) is 0 Å². The summed E-state index contributed by atoms with van der Waals surface area (Å²) in [4.78, 5) is 13.5. The van der Waals surface area contributed by atoms with E-state index in [1.54, 1.807) is 4.90 Å². The van der Waals surface area contributed by atoms with Crippen LogP contribution < -0.4 is 0 Å². The normalized spacial score (nSPS) is 25.4. The van der Waals surface area contributed by atoms with Crippen LogP contribution in [0.4, 0.5) is 4.79 Å². The molecule has 2 aliphatic rings.